The number of hydrogen-bond donors (Lipinski definition) is 1. The first-order valence-electron chi connectivity index (χ1n) is 6.06. The Labute approximate surface area is 111 Å². The lowest BCUT2D eigenvalue weighted by Crippen LogP contribution is -2.44. The van der Waals surface area contributed by atoms with Crippen LogP contribution in [0.25, 0.3) is 0 Å². The number of aliphatic carboxylic acids is 1. The van der Waals surface area contributed by atoms with E-state index in [1.165, 1.54) is 0 Å². The number of carboxylic acids is 1. The van der Waals surface area contributed by atoms with Crippen molar-refractivity contribution < 1.29 is 14.6 Å². The standard InChI is InChI=1S/C13H15N3O3/c1-9-2-3-10(7-14)13(15-9)16-4-5-19-11(8-16)6-12(17)18/h2-3,11H,4-6,8H2,1H3,(H,17,18). The Kier molecular flexibility index (Phi) is 3.97. The minimum Gasteiger partial charge on any atom is -0.481 e. The van der Waals surface area contributed by atoms with Gasteiger partial charge in [-0.15, -0.1) is 0 Å². The first-order valence-corrected chi connectivity index (χ1v) is 6.06. The second kappa shape index (κ2) is 5.67. The fraction of sp³-hybridized carbons (Fsp3) is 0.462. The molecule has 1 aromatic heterocycles. The summed E-state index contributed by atoms with van der Waals surface area (Å²) in [6.07, 6.45) is -0.399. The van der Waals surface area contributed by atoms with Crippen molar-refractivity contribution in [2.45, 2.75) is 19.4 Å². The number of anilines is 1. The number of carbonyl (C=O) groups is 1. The molecule has 1 fully saturated rings. The van der Waals surface area contributed by atoms with Crippen LogP contribution in [-0.4, -0.2) is 41.9 Å². The number of hydrogen-bond acceptors (Lipinski definition) is 5. The van der Waals surface area contributed by atoms with E-state index in [2.05, 4.69) is 11.1 Å². The van der Waals surface area contributed by atoms with Crippen molar-refractivity contribution in [2.24, 2.45) is 0 Å². The molecule has 19 heavy (non-hydrogen) atoms. The first-order chi connectivity index (χ1) is 9.10. The highest BCUT2D eigenvalue weighted by Crippen LogP contribution is 2.21. The summed E-state index contributed by atoms with van der Waals surface area (Å²) >= 11 is 0. The lowest BCUT2D eigenvalue weighted by atomic mass is 10.1. The average molecular weight is 261 g/mol. The lowest BCUT2D eigenvalue weighted by molar-refractivity contribution is -0.140. The summed E-state index contributed by atoms with van der Waals surface area (Å²) in [5, 5.41) is 17.9. The van der Waals surface area contributed by atoms with E-state index in [-0.39, 0.29) is 12.5 Å². The number of carboxylic acid groups (broad SMARTS) is 1. The van der Waals surface area contributed by atoms with Crippen molar-refractivity contribution in [3.63, 3.8) is 0 Å². The Morgan fingerprint density at radius 1 is 1.68 bits per heavy atom. The van der Waals surface area contributed by atoms with E-state index in [9.17, 15) is 4.79 Å². The number of morpholine rings is 1. The first kappa shape index (κ1) is 13.3. The fourth-order valence-corrected chi connectivity index (χ4v) is 2.10. The molecule has 2 heterocycles. The Hall–Kier alpha value is -2.13. The van der Waals surface area contributed by atoms with Crippen LogP contribution in [0.3, 0.4) is 0 Å². The van der Waals surface area contributed by atoms with Gasteiger partial charge < -0.3 is 14.7 Å². The maximum absolute atomic E-state index is 10.7. The van der Waals surface area contributed by atoms with E-state index < -0.39 is 5.97 Å². The molecular formula is C13H15N3O3. The SMILES string of the molecule is Cc1ccc(C#N)c(N2CCOC(CC(=O)O)C2)n1. The van der Waals surface area contributed by atoms with Gasteiger partial charge in [0, 0.05) is 18.8 Å². The normalized spacial score (nSPS) is 18.9. The largest absolute Gasteiger partial charge is 0.481 e. The van der Waals surface area contributed by atoms with Gasteiger partial charge in [0.05, 0.1) is 24.7 Å². The van der Waals surface area contributed by atoms with Crippen molar-refractivity contribution in [3.8, 4) is 6.07 Å². The van der Waals surface area contributed by atoms with Crippen LogP contribution in [0.2, 0.25) is 0 Å². The third kappa shape index (κ3) is 3.20. The van der Waals surface area contributed by atoms with E-state index in [0.717, 1.165) is 5.69 Å². The molecule has 0 bridgehead atoms. The zero-order valence-electron chi connectivity index (χ0n) is 10.7. The molecule has 1 aliphatic rings. The Balaban J connectivity index is 2.19. The van der Waals surface area contributed by atoms with Gasteiger partial charge in [0.1, 0.15) is 11.9 Å². The van der Waals surface area contributed by atoms with Crippen LogP contribution >= 0.6 is 0 Å². The van der Waals surface area contributed by atoms with Gasteiger partial charge in [0.15, 0.2) is 0 Å². The summed E-state index contributed by atoms with van der Waals surface area (Å²) in [6.45, 7) is 3.36. The predicted octanol–water partition coefficient (Wildman–Crippen LogP) is 0.942. The van der Waals surface area contributed by atoms with Gasteiger partial charge in [-0.1, -0.05) is 0 Å². The van der Waals surface area contributed by atoms with Crippen LogP contribution in [0.5, 0.6) is 0 Å². The van der Waals surface area contributed by atoms with Gasteiger partial charge in [-0.05, 0) is 19.1 Å². The quantitative estimate of drug-likeness (QED) is 0.871. The number of rotatable bonds is 3. The van der Waals surface area contributed by atoms with Gasteiger partial charge in [-0.25, -0.2) is 4.98 Å². The van der Waals surface area contributed by atoms with E-state index in [0.29, 0.717) is 31.1 Å². The molecule has 1 aliphatic heterocycles. The number of ether oxygens (including phenoxy) is 1. The smallest absolute Gasteiger partial charge is 0.306 e. The second-order valence-corrected chi connectivity index (χ2v) is 4.47. The molecule has 1 saturated heterocycles. The maximum Gasteiger partial charge on any atom is 0.306 e. The van der Waals surface area contributed by atoms with E-state index >= 15 is 0 Å². The van der Waals surface area contributed by atoms with Crippen molar-refractivity contribution in [1.82, 2.24) is 4.98 Å². The van der Waals surface area contributed by atoms with Crippen molar-refractivity contribution in [2.75, 3.05) is 24.6 Å². The molecule has 0 aromatic carbocycles. The van der Waals surface area contributed by atoms with Gasteiger partial charge in [0.25, 0.3) is 0 Å². The third-order valence-electron chi connectivity index (χ3n) is 2.98. The molecule has 0 aliphatic carbocycles. The second-order valence-electron chi connectivity index (χ2n) is 4.47. The number of pyridine rings is 1. The number of aromatic nitrogens is 1. The molecule has 2 rings (SSSR count). The summed E-state index contributed by atoms with van der Waals surface area (Å²) in [5.41, 5.74) is 1.33. The molecule has 0 saturated carbocycles. The Morgan fingerprint density at radius 3 is 3.16 bits per heavy atom. The molecule has 0 amide bonds. The molecular weight excluding hydrogens is 246 g/mol. The molecule has 100 valence electrons. The van der Waals surface area contributed by atoms with Crippen LogP contribution in [0.1, 0.15) is 17.7 Å². The minimum absolute atomic E-state index is 0.0375. The average Bonchev–Trinajstić information content (AvgIpc) is 2.38. The van der Waals surface area contributed by atoms with E-state index in [4.69, 9.17) is 15.1 Å². The zero-order valence-corrected chi connectivity index (χ0v) is 10.7. The van der Waals surface area contributed by atoms with Gasteiger partial charge >= 0.3 is 5.97 Å². The maximum atomic E-state index is 10.7. The molecule has 1 aromatic rings. The number of nitriles is 1. The molecule has 1 unspecified atom stereocenters. The highest BCUT2D eigenvalue weighted by molar-refractivity contribution is 5.67. The fourth-order valence-electron chi connectivity index (χ4n) is 2.10. The highest BCUT2D eigenvalue weighted by atomic mass is 16.5. The van der Waals surface area contributed by atoms with Crippen LogP contribution in [0, 0.1) is 18.3 Å². The van der Waals surface area contributed by atoms with Gasteiger partial charge in [-0.3, -0.25) is 4.79 Å². The lowest BCUT2D eigenvalue weighted by Gasteiger charge is -2.33. The van der Waals surface area contributed by atoms with Crippen LogP contribution in [-0.2, 0) is 9.53 Å². The van der Waals surface area contributed by atoms with Crippen LogP contribution in [0.15, 0.2) is 12.1 Å². The summed E-state index contributed by atoms with van der Waals surface area (Å²) in [7, 11) is 0. The minimum atomic E-state index is -0.885. The summed E-state index contributed by atoms with van der Waals surface area (Å²) in [4.78, 5) is 17.0. The topological polar surface area (TPSA) is 86.5 Å². The monoisotopic (exact) mass is 261 g/mol. The van der Waals surface area contributed by atoms with Crippen molar-refractivity contribution >= 4 is 11.8 Å². The number of nitrogens with zero attached hydrogens (tertiary/aromatic N) is 3. The molecule has 1 N–H and O–H groups in total. The summed E-state index contributed by atoms with van der Waals surface area (Å²) in [6, 6.07) is 5.64. The predicted molar refractivity (Wildman–Crippen MR) is 67.9 cm³/mol. The van der Waals surface area contributed by atoms with Gasteiger partial charge in [-0.2, -0.15) is 5.26 Å². The van der Waals surface area contributed by atoms with Crippen LogP contribution in [0.4, 0.5) is 5.82 Å². The van der Waals surface area contributed by atoms with Crippen molar-refractivity contribution in [1.29, 1.82) is 5.26 Å². The summed E-state index contributed by atoms with van der Waals surface area (Å²) in [5.74, 6) is -0.272. The van der Waals surface area contributed by atoms with E-state index in [1.807, 2.05) is 11.8 Å². The molecule has 6 nitrogen and oxygen atoms in total. The summed E-state index contributed by atoms with van der Waals surface area (Å²) < 4.78 is 5.41. The number of aryl methyl sites for hydroxylation is 1. The molecule has 0 radical (unpaired) electrons. The third-order valence-corrected chi connectivity index (χ3v) is 2.98. The Morgan fingerprint density at radius 2 is 2.47 bits per heavy atom. The molecule has 0 spiro atoms. The van der Waals surface area contributed by atoms with Gasteiger partial charge in [0.2, 0.25) is 0 Å². The Bertz CT molecular complexity index is 524. The molecule has 6 heteroatoms. The molecule has 1 atom stereocenters. The highest BCUT2D eigenvalue weighted by Gasteiger charge is 2.25. The van der Waals surface area contributed by atoms with Crippen molar-refractivity contribution in [3.05, 3.63) is 23.4 Å². The zero-order chi connectivity index (χ0) is 13.8. The van der Waals surface area contributed by atoms with Crippen LogP contribution < -0.4 is 4.90 Å². The van der Waals surface area contributed by atoms with E-state index in [1.54, 1.807) is 12.1 Å².